The van der Waals surface area contributed by atoms with Crippen molar-refractivity contribution in [3.8, 4) is 0 Å². The predicted molar refractivity (Wildman–Crippen MR) is 124 cm³/mol. The Balaban J connectivity index is 1.61. The van der Waals surface area contributed by atoms with Crippen molar-refractivity contribution in [1.29, 1.82) is 0 Å². The van der Waals surface area contributed by atoms with Crippen LogP contribution in [0, 0.1) is 34.5 Å². The summed E-state index contributed by atoms with van der Waals surface area (Å²) in [6.07, 6.45) is 7.33. The van der Waals surface area contributed by atoms with Crippen LogP contribution in [0.5, 0.6) is 0 Å². The van der Waals surface area contributed by atoms with E-state index in [-0.39, 0.29) is 40.3 Å². The molecule has 3 fully saturated rings. The summed E-state index contributed by atoms with van der Waals surface area (Å²) in [4.78, 5) is 13.2. The molecule has 0 spiro atoms. The van der Waals surface area contributed by atoms with Gasteiger partial charge in [0, 0.05) is 11.3 Å². The van der Waals surface area contributed by atoms with E-state index in [4.69, 9.17) is 0 Å². The Labute approximate surface area is 193 Å². The van der Waals surface area contributed by atoms with Gasteiger partial charge in [0.2, 0.25) is 0 Å². The largest absolute Gasteiger partial charge is 0.393 e. The van der Waals surface area contributed by atoms with Crippen molar-refractivity contribution in [2.24, 2.45) is 34.5 Å². The first kappa shape index (κ1) is 24.4. The Bertz CT molecular complexity index is 783. The summed E-state index contributed by atoms with van der Waals surface area (Å²) in [7, 11) is 0. The molecule has 0 heterocycles. The lowest BCUT2D eigenvalue weighted by atomic mass is 9.46. The van der Waals surface area contributed by atoms with Gasteiger partial charge in [0.25, 0.3) is 0 Å². The van der Waals surface area contributed by atoms with Crippen LogP contribution in [0.2, 0.25) is 0 Å². The summed E-state index contributed by atoms with van der Waals surface area (Å²) in [6.45, 7) is 10.0. The van der Waals surface area contributed by atoms with Gasteiger partial charge >= 0.3 is 0 Å². The number of carbonyl (C=O) groups is 1. The van der Waals surface area contributed by atoms with Crippen LogP contribution in [0.4, 0.5) is 0 Å². The first-order valence-corrected chi connectivity index (χ1v) is 12.8. The van der Waals surface area contributed by atoms with Gasteiger partial charge in [0.05, 0.1) is 23.4 Å². The average Bonchev–Trinajstić information content (AvgIpc) is 2.98. The fourth-order valence-corrected chi connectivity index (χ4v) is 8.23. The van der Waals surface area contributed by atoms with Gasteiger partial charge in [-0.2, -0.15) is 0 Å². The Kier molecular flexibility index (Phi) is 6.02. The smallest absolute Gasteiger partial charge is 0.159 e. The number of allylic oxidation sites excluding steroid dienone is 1. The van der Waals surface area contributed by atoms with Crippen LogP contribution < -0.4 is 0 Å². The van der Waals surface area contributed by atoms with E-state index in [1.54, 1.807) is 19.9 Å². The standard InChI is InChI=1S/C27H44O5/c1-16(22(29)9-10-24(2,3)31)18-8-13-27(32)20-15-23(30)21-14-17(28)6-11-25(21,4)19(20)7-12-26(18,27)5/h15-19,21-22,28-29,31-32H,6-14H2,1-5H3/t16-,17+,18-,19+,21+,22-,25-,26-,27-/m1/s1. The molecule has 32 heavy (non-hydrogen) atoms. The minimum absolute atomic E-state index is 0.0148. The van der Waals surface area contributed by atoms with Gasteiger partial charge in [-0.3, -0.25) is 4.79 Å². The molecule has 0 aliphatic heterocycles. The molecule has 4 aliphatic rings. The SMILES string of the molecule is C[C@@H]([C@H](O)CCC(C)(C)O)[C@H]1CC[C@@]2(O)C3=CC(=O)[C@@H]4C[C@@H](O)CC[C@]4(C)[C@H]3CC[C@]12C. The van der Waals surface area contributed by atoms with Crippen molar-refractivity contribution < 1.29 is 25.2 Å². The monoisotopic (exact) mass is 448 g/mol. The fourth-order valence-electron chi connectivity index (χ4n) is 8.23. The number of ketones is 1. The van der Waals surface area contributed by atoms with E-state index in [1.165, 1.54) is 0 Å². The van der Waals surface area contributed by atoms with E-state index in [0.29, 0.717) is 25.7 Å². The molecule has 4 N–H and O–H groups in total. The third kappa shape index (κ3) is 3.62. The lowest BCUT2D eigenvalue weighted by Gasteiger charge is -2.59. The quantitative estimate of drug-likeness (QED) is 0.513. The summed E-state index contributed by atoms with van der Waals surface area (Å²) in [5.41, 5.74) is -1.43. The summed E-state index contributed by atoms with van der Waals surface area (Å²) < 4.78 is 0. The molecule has 182 valence electrons. The van der Waals surface area contributed by atoms with Gasteiger partial charge in [0.1, 0.15) is 0 Å². The van der Waals surface area contributed by atoms with Gasteiger partial charge < -0.3 is 20.4 Å². The van der Waals surface area contributed by atoms with E-state index in [1.807, 2.05) is 0 Å². The van der Waals surface area contributed by atoms with Crippen LogP contribution in [0.25, 0.3) is 0 Å². The van der Waals surface area contributed by atoms with E-state index >= 15 is 0 Å². The van der Waals surface area contributed by atoms with E-state index < -0.39 is 23.4 Å². The highest BCUT2D eigenvalue weighted by atomic mass is 16.3. The molecule has 0 amide bonds. The summed E-state index contributed by atoms with van der Waals surface area (Å²) in [5, 5.41) is 43.4. The van der Waals surface area contributed by atoms with Gasteiger partial charge in [-0.05, 0) is 106 Å². The summed E-state index contributed by atoms with van der Waals surface area (Å²) in [5.74, 6) is 0.301. The molecule has 3 saturated carbocycles. The molecule has 5 nitrogen and oxygen atoms in total. The highest BCUT2D eigenvalue weighted by Crippen LogP contribution is 2.68. The molecule has 0 aromatic heterocycles. The van der Waals surface area contributed by atoms with Crippen molar-refractivity contribution in [1.82, 2.24) is 0 Å². The Hall–Kier alpha value is -0.750. The zero-order valence-corrected chi connectivity index (χ0v) is 20.6. The number of rotatable bonds is 5. The van der Waals surface area contributed by atoms with Gasteiger partial charge in [-0.15, -0.1) is 0 Å². The van der Waals surface area contributed by atoms with Gasteiger partial charge in [0.15, 0.2) is 5.78 Å². The van der Waals surface area contributed by atoms with Crippen molar-refractivity contribution in [2.45, 2.75) is 116 Å². The van der Waals surface area contributed by atoms with E-state index in [2.05, 4.69) is 20.8 Å². The van der Waals surface area contributed by atoms with Crippen LogP contribution >= 0.6 is 0 Å². The highest BCUT2D eigenvalue weighted by molar-refractivity contribution is 5.95. The summed E-state index contributed by atoms with van der Waals surface area (Å²) in [6, 6.07) is 0. The lowest BCUT2D eigenvalue weighted by Crippen LogP contribution is -2.59. The number of hydrogen-bond acceptors (Lipinski definition) is 5. The first-order valence-electron chi connectivity index (χ1n) is 12.8. The normalized spacial score (nSPS) is 46.0. The van der Waals surface area contributed by atoms with Crippen molar-refractivity contribution in [3.63, 3.8) is 0 Å². The zero-order chi connectivity index (χ0) is 23.7. The minimum atomic E-state index is -1.01. The van der Waals surface area contributed by atoms with E-state index in [9.17, 15) is 25.2 Å². The van der Waals surface area contributed by atoms with E-state index in [0.717, 1.165) is 37.7 Å². The molecule has 4 aliphatic carbocycles. The fraction of sp³-hybridized carbons (Fsp3) is 0.889. The first-order chi connectivity index (χ1) is 14.7. The lowest BCUT2D eigenvalue weighted by molar-refractivity contribution is -0.142. The molecule has 0 aromatic rings. The average molecular weight is 449 g/mol. The molecule has 9 atom stereocenters. The Morgan fingerprint density at radius 1 is 1.12 bits per heavy atom. The highest BCUT2D eigenvalue weighted by Gasteiger charge is 2.66. The van der Waals surface area contributed by atoms with Crippen molar-refractivity contribution in [3.05, 3.63) is 11.6 Å². The van der Waals surface area contributed by atoms with Gasteiger partial charge in [-0.1, -0.05) is 20.8 Å². The second kappa shape index (κ2) is 7.90. The number of aliphatic hydroxyl groups excluding tert-OH is 2. The maximum atomic E-state index is 13.2. The molecule has 0 aromatic carbocycles. The third-order valence-electron chi connectivity index (χ3n) is 10.4. The number of fused-ring (bicyclic) bond motifs is 5. The number of carbonyl (C=O) groups excluding carboxylic acids is 1. The molecule has 0 unspecified atom stereocenters. The van der Waals surface area contributed by atoms with Crippen LogP contribution in [0.15, 0.2) is 11.6 Å². The molecule has 4 rings (SSSR count). The molecule has 0 saturated heterocycles. The topological polar surface area (TPSA) is 98.0 Å². The maximum absolute atomic E-state index is 13.2. The predicted octanol–water partition coefficient (Wildman–Crippen LogP) is 3.77. The molecule has 0 bridgehead atoms. The summed E-state index contributed by atoms with van der Waals surface area (Å²) >= 11 is 0. The minimum Gasteiger partial charge on any atom is -0.393 e. The second-order valence-corrected chi connectivity index (χ2v) is 12.8. The Morgan fingerprint density at radius 3 is 2.47 bits per heavy atom. The molecule has 5 heteroatoms. The third-order valence-corrected chi connectivity index (χ3v) is 10.4. The van der Waals surface area contributed by atoms with Crippen LogP contribution in [-0.4, -0.2) is 49.6 Å². The Morgan fingerprint density at radius 2 is 1.81 bits per heavy atom. The zero-order valence-electron chi connectivity index (χ0n) is 20.6. The van der Waals surface area contributed by atoms with Crippen LogP contribution in [-0.2, 0) is 4.79 Å². The molecular formula is C27H44O5. The number of aliphatic hydroxyl groups is 4. The van der Waals surface area contributed by atoms with Crippen molar-refractivity contribution >= 4 is 5.78 Å². The van der Waals surface area contributed by atoms with Crippen LogP contribution in [0.3, 0.4) is 0 Å². The second-order valence-electron chi connectivity index (χ2n) is 12.8. The van der Waals surface area contributed by atoms with Gasteiger partial charge in [-0.25, -0.2) is 0 Å². The molecular weight excluding hydrogens is 404 g/mol. The number of hydrogen-bond donors (Lipinski definition) is 4. The van der Waals surface area contributed by atoms with Crippen LogP contribution in [0.1, 0.15) is 92.4 Å². The maximum Gasteiger partial charge on any atom is 0.159 e. The van der Waals surface area contributed by atoms with Crippen molar-refractivity contribution in [2.75, 3.05) is 0 Å². The molecule has 0 radical (unpaired) electrons.